The highest BCUT2D eigenvalue weighted by atomic mass is 32.2. The van der Waals surface area contributed by atoms with E-state index in [4.69, 9.17) is 0 Å². The Balaban J connectivity index is 1.48. The first-order valence-electron chi connectivity index (χ1n) is 9.71. The molecular formula is C21H20FN3O5S. The molecule has 2 aromatic carbocycles. The molecule has 1 saturated heterocycles. The Hall–Kier alpha value is -3.11. The first kappa shape index (κ1) is 21.1. The Morgan fingerprint density at radius 3 is 2.45 bits per heavy atom. The van der Waals surface area contributed by atoms with Crippen molar-refractivity contribution in [1.82, 2.24) is 9.21 Å². The molecule has 31 heavy (non-hydrogen) atoms. The molecule has 1 unspecified atom stereocenters. The molecule has 1 N–H and O–H groups in total. The lowest BCUT2D eigenvalue weighted by atomic mass is 9.98. The van der Waals surface area contributed by atoms with Gasteiger partial charge in [0.15, 0.2) is 0 Å². The summed E-state index contributed by atoms with van der Waals surface area (Å²) in [6.07, 6.45) is 1.01. The second kappa shape index (κ2) is 7.86. The number of piperidine rings is 1. The van der Waals surface area contributed by atoms with Gasteiger partial charge in [0.25, 0.3) is 11.8 Å². The zero-order chi connectivity index (χ0) is 22.3. The highest BCUT2D eigenvalue weighted by Crippen LogP contribution is 2.27. The third-order valence-electron chi connectivity index (χ3n) is 5.56. The Kier molecular flexibility index (Phi) is 5.36. The molecule has 0 bridgehead atoms. The number of rotatable bonds is 4. The third kappa shape index (κ3) is 3.84. The van der Waals surface area contributed by atoms with Gasteiger partial charge in [-0.2, -0.15) is 4.31 Å². The van der Waals surface area contributed by atoms with Crippen LogP contribution in [0.1, 0.15) is 33.6 Å². The fourth-order valence-corrected chi connectivity index (χ4v) is 5.34. The predicted molar refractivity (Wildman–Crippen MR) is 109 cm³/mol. The molecule has 4 rings (SSSR count). The molecule has 0 spiro atoms. The van der Waals surface area contributed by atoms with E-state index in [1.54, 1.807) is 0 Å². The van der Waals surface area contributed by atoms with Crippen LogP contribution < -0.4 is 5.32 Å². The summed E-state index contributed by atoms with van der Waals surface area (Å²) in [7, 11) is -2.46. The molecule has 2 heterocycles. The van der Waals surface area contributed by atoms with E-state index in [2.05, 4.69) is 5.32 Å². The summed E-state index contributed by atoms with van der Waals surface area (Å²) in [6.45, 7) is 0.266. The van der Waals surface area contributed by atoms with Crippen molar-refractivity contribution in [3.63, 3.8) is 0 Å². The van der Waals surface area contributed by atoms with Crippen molar-refractivity contribution in [2.75, 3.05) is 25.5 Å². The topological polar surface area (TPSA) is 104 Å². The van der Waals surface area contributed by atoms with Gasteiger partial charge in [0.2, 0.25) is 15.9 Å². The smallest absolute Gasteiger partial charge is 0.261 e. The van der Waals surface area contributed by atoms with Crippen molar-refractivity contribution >= 4 is 33.4 Å². The normalized spacial score (nSPS) is 19.4. The minimum atomic E-state index is -3.85. The summed E-state index contributed by atoms with van der Waals surface area (Å²) in [5.41, 5.74) is 0.855. The molecule has 8 nitrogen and oxygen atoms in total. The molecule has 10 heteroatoms. The average Bonchev–Trinajstić information content (AvgIpc) is 2.98. The van der Waals surface area contributed by atoms with Crippen LogP contribution in [0.2, 0.25) is 0 Å². The second-order valence-corrected chi connectivity index (χ2v) is 9.51. The Bertz CT molecular complexity index is 1180. The Morgan fingerprint density at radius 1 is 1.06 bits per heavy atom. The molecule has 3 amide bonds. The molecule has 2 aliphatic heterocycles. The number of hydrogen-bond donors (Lipinski definition) is 1. The first-order valence-corrected chi connectivity index (χ1v) is 11.2. The minimum absolute atomic E-state index is 0.00334. The van der Waals surface area contributed by atoms with Gasteiger partial charge in [0.1, 0.15) is 5.82 Å². The van der Waals surface area contributed by atoms with Crippen molar-refractivity contribution < 1.29 is 27.2 Å². The zero-order valence-electron chi connectivity index (χ0n) is 16.7. The number of halogens is 1. The summed E-state index contributed by atoms with van der Waals surface area (Å²) in [5, 5.41) is 2.72. The van der Waals surface area contributed by atoms with Gasteiger partial charge in [-0.05, 0) is 55.3 Å². The number of imide groups is 1. The van der Waals surface area contributed by atoms with Crippen LogP contribution in [-0.2, 0) is 14.8 Å². The number of sulfonamides is 1. The van der Waals surface area contributed by atoms with Crippen LogP contribution in [0.3, 0.4) is 0 Å². The third-order valence-corrected chi connectivity index (χ3v) is 7.44. The maximum atomic E-state index is 13.1. The number of benzene rings is 2. The van der Waals surface area contributed by atoms with Crippen LogP contribution in [0.5, 0.6) is 0 Å². The summed E-state index contributed by atoms with van der Waals surface area (Å²) in [4.78, 5) is 37.9. The molecule has 0 aliphatic carbocycles. The van der Waals surface area contributed by atoms with Gasteiger partial charge in [-0.15, -0.1) is 0 Å². The standard InChI is InChI=1S/C21H20FN3O5S/c1-24-20(27)17-9-6-15(11-18(17)21(24)28)23-19(26)13-3-2-10-25(12-13)31(29,30)16-7-4-14(22)5-8-16/h4-9,11,13H,2-3,10,12H2,1H3,(H,23,26). The summed E-state index contributed by atoms with van der Waals surface area (Å²) in [6, 6.07) is 9.05. The fourth-order valence-electron chi connectivity index (χ4n) is 3.81. The maximum Gasteiger partial charge on any atom is 0.261 e. The SMILES string of the molecule is CN1C(=O)c2ccc(NC(=O)C3CCCN(S(=O)(=O)c4ccc(F)cc4)C3)cc2C1=O. The van der Waals surface area contributed by atoms with Gasteiger partial charge >= 0.3 is 0 Å². The van der Waals surface area contributed by atoms with Gasteiger partial charge in [0.05, 0.1) is 21.9 Å². The van der Waals surface area contributed by atoms with Gasteiger partial charge in [-0.25, -0.2) is 12.8 Å². The molecule has 162 valence electrons. The lowest BCUT2D eigenvalue weighted by Crippen LogP contribution is -2.43. The van der Waals surface area contributed by atoms with E-state index in [0.717, 1.165) is 17.0 Å². The number of nitrogens with one attached hydrogen (secondary N) is 1. The monoisotopic (exact) mass is 445 g/mol. The highest BCUT2D eigenvalue weighted by molar-refractivity contribution is 7.89. The van der Waals surface area contributed by atoms with E-state index in [9.17, 15) is 27.2 Å². The molecule has 0 aromatic heterocycles. The fraction of sp³-hybridized carbons (Fsp3) is 0.286. The predicted octanol–water partition coefficient (Wildman–Crippen LogP) is 2.09. The number of anilines is 1. The Morgan fingerprint density at radius 2 is 1.74 bits per heavy atom. The molecule has 0 saturated carbocycles. The van der Waals surface area contributed by atoms with Crippen LogP contribution in [0, 0.1) is 11.7 Å². The summed E-state index contributed by atoms with van der Waals surface area (Å²) in [5.74, 6) is -2.32. The minimum Gasteiger partial charge on any atom is -0.326 e. The quantitative estimate of drug-likeness (QED) is 0.726. The maximum absolute atomic E-state index is 13.1. The second-order valence-electron chi connectivity index (χ2n) is 7.58. The van der Waals surface area contributed by atoms with E-state index in [1.165, 1.54) is 41.7 Å². The number of hydrogen-bond acceptors (Lipinski definition) is 5. The molecule has 1 atom stereocenters. The Labute approximate surface area is 178 Å². The van der Waals surface area contributed by atoms with Gasteiger partial charge < -0.3 is 5.32 Å². The molecule has 2 aromatic rings. The van der Waals surface area contributed by atoms with Crippen LogP contribution in [0.4, 0.5) is 10.1 Å². The van der Waals surface area contributed by atoms with Gasteiger partial charge in [-0.1, -0.05) is 0 Å². The van der Waals surface area contributed by atoms with E-state index in [-0.39, 0.29) is 35.0 Å². The van der Waals surface area contributed by atoms with Gasteiger partial charge in [-0.3, -0.25) is 19.3 Å². The zero-order valence-corrected chi connectivity index (χ0v) is 17.5. The van der Waals surface area contributed by atoms with E-state index in [0.29, 0.717) is 18.5 Å². The van der Waals surface area contributed by atoms with Crippen LogP contribution >= 0.6 is 0 Å². The summed E-state index contributed by atoms with van der Waals surface area (Å²) < 4.78 is 40.1. The van der Waals surface area contributed by atoms with E-state index < -0.39 is 33.6 Å². The number of carbonyl (C=O) groups excluding carboxylic acids is 3. The average molecular weight is 445 g/mol. The lowest BCUT2D eigenvalue weighted by molar-refractivity contribution is -0.120. The van der Waals surface area contributed by atoms with E-state index in [1.807, 2.05) is 0 Å². The first-order chi connectivity index (χ1) is 14.7. The van der Waals surface area contributed by atoms with Crippen LogP contribution in [0.25, 0.3) is 0 Å². The number of fused-ring (bicyclic) bond motifs is 1. The lowest BCUT2D eigenvalue weighted by Gasteiger charge is -2.31. The van der Waals surface area contributed by atoms with Crippen molar-refractivity contribution in [1.29, 1.82) is 0 Å². The number of amides is 3. The van der Waals surface area contributed by atoms with Crippen LogP contribution in [0.15, 0.2) is 47.4 Å². The molecule has 1 fully saturated rings. The molecular weight excluding hydrogens is 425 g/mol. The number of nitrogens with zero attached hydrogens (tertiary/aromatic N) is 2. The van der Waals surface area contributed by atoms with Crippen molar-refractivity contribution in [3.8, 4) is 0 Å². The summed E-state index contributed by atoms with van der Waals surface area (Å²) >= 11 is 0. The molecule has 2 aliphatic rings. The van der Waals surface area contributed by atoms with E-state index >= 15 is 0 Å². The molecule has 0 radical (unpaired) electrons. The van der Waals surface area contributed by atoms with Crippen molar-refractivity contribution in [3.05, 3.63) is 59.4 Å². The number of carbonyl (C=O) groups is 3. The van der Waals surface area contributed by atoms with Gasteiger partial charge in [0, 0.05) is 25.8 Å². The van der Waals surface area contributed by atoms with Crippen LogP contribution in [-0.4, -0.2) is 55.5 Å². The largest absolute Gasteiger partial charge is 0.326 e. The highest BCUT2D eigenvalue weighted by Gasteiger charge is 2.35. The van der Waals surface area contributed by atoms with Crippen molar-refractivity contribution in [2.45, 2.75) is 17.7 Å². The van der Waals surface area contributed by atoms with Crippen molar-refractivity contribution in [2.24, 2.45) is 5.92 Å².